The van der Waals surface area contributed by atoms with E-state index in [2.05, 4.69) is 15.3 Å². The van der Waals surface area contributed by atoms with Gasteiger partial charge in [-0.2, -0.15) is 0 Å². The van der Waals surface area contributed by atoms with Crippen molar-refractivity contribution in [2.24, 2.45) is 0 Å². The summed E-state index contributed by atoms with van der Waals surface area (Å²) in [6.07, 6.45) is 1.89. The lowest BCUT2D eigenvalue weighted by molar-refractivity contribution is 0.0706. The molecule has 0 saturated carbocycles. The molecule has 1 heterocycles. The molecule has 0 aliphatic rings. The molecule has 4 heteroatoms. The molecule has 4 nitrogen and oxygen atoms in total. The molecular weight excluding hydrogens is 166 g/mol. The molecule has 0 saturated heterocycles. The largest absolute Gasteiger partial charge is 0.371 e. The van der Waals surface area contributed by atoms with Crippen LogP contribution in [0.4, 0.5) is 0 Å². The summed E-state index contributed by atoms with van der Waals surface area (Å²) in [7, 11) is 1.91. The molecule has 2 N–H and O–H groups in total. The first-order valence-corrected chi connectivity index (χ1v) is 4.58. The Hall–Kier alpha value is -0.870. The minimum atomic E-state index is 0.0515. The molecule has 0 aliphatic carbocycles. The van der Waals surface area contributed by atoms with Gasteiger partial charge in [0, 0.05) is 25.0 Å². The number of aromatic nitrogens is 2. The van der Waals surface area contributed by atoms with E-state index in [4.69, 9.17) is 4.74 Å². The molecule has 0 amide bonds. The number of H-pyrrole nitrogens is 1. The van der Waals surface area contributed by atoms with Crippen molar-refractivity contribution in [3.05, 3.63) is 17.7 Å². The highest BCUT2D eigenvalue weighted by atomic mass is 16.5. The van der Waals surface area contributed by atoms with Gasteiger partial charge in [-0.05, 0) is 20.9 Å². The predicted molar refractivity (Wildman–Crippen MR) is 51.4 cm³/mol. The molecule has 1 aromatic rings. The van der Waals surface area contributed by atoms with E-state index >= 15 is 0 Å². The second-order valence-electron chi connectivity index (χ2n) is 2.92. The van der Waals surface area contributed by atoms with Crippen LogP contribution in [-0.4, -0.2) is 23.6 Å². The van der Waals surface area contributed by atoms with Crippen LogP contribution in [0.15, 0.2) is 6.20 Å². The van der Waals surface area contributed by atoms with Crippen molar-refractivity contribution >= 4 is 0 Å². The highest BCUT2D eigenvalue weighted by molar-refractivity contribution is 5.02. The van der Waals surface area contributed by atoms with Gasteiger partial charge in [-0.3, -0.25) is 0 Å². The van der Waals surface area contributed by atoms with E-state index in [1.807, 2.05) is 27.1 Å². The van der Waals surface area contributed by atoms with Crippen LogP contribution in [0.1, 0.15) is 31.5 Å². The van der Waals surface area contributed by atoms with Gasteiger partial charge in [-0.1, -0.05) is 0 Å². The Morgan fingerprint density at radius 2 is 2.46 bits per heavy atom. The third kappa shape index (κ3) is 2.82. The van der Waals surface area contributed by atoms with E-state index in [0.717, 1.165) is 18.1 Å². The Bertz CT molecular complexity index is 247. The summed E-state index contributed by atoms with van der Waals surface area (Å²) in [5.41, 5.74) is 1.09. The van der Waals surface area contributed by atoms with Crippen molar-refractivity contribution in [2.45, 2.75) is 26.5 Å². The number of imidazole rings is 1. The third-order valence-electron chi connectivity index (χ3n) is 1.82. The molecule has 0 aromatic carbocycles. The van der Waals surface area contributed by atoms with Gasteiger partial charge in [0.1, 0.15) is 11.9 Å². The number of aromatic amines is 1. The van der Waals surface area contributed by atoms with Crippen LogP contribution in [0.3, 0.4) is 0 Å². The summed E-state index contributed by atoms with van der Waals surface area (Å²) < 4.78 is 5.41. The van der Waals surface area contributed by atoms with Gasteiger partial charge in [0.25, 0.3) is 0 Å². The summed E-state index contributed by atoms with van der Waals surface area (Å²) in [6, 6.07) is 0. The lowest BCUT2D eigenvalue weighted by atomic mass is 10.4. The van der Waals surface area contributed by atoms with Gasteiger partial charge in [0.15, 0.2) is 0 Å². The van der Waals surface area contributed by atoms with Gasteiger partial charge < -0.3 is 15.0 Å². The van der Waals surface area contributed by atoms with E-state index < -0.39 is 0 Å². The summed E-state index contributed by atoms with van der Waals surface area (Å²) in [4.78, 5) is 7.43. The van der Waals surface area contributed by atoms with E-state index in [-0.39, 0.29) is 6.10 Å². The Morgan fingerprint density at radius 1 is 1.69 bits per heavy atom. The molecule has 74 valence electrons. The fraction of sp³-hybridized carbons (Fsp3) is 0.667. The topological polar surface area (TPSA) is 49.9 Å². The zero-order chi connectivity index (χ0) is 9.68. The van der Waals surface area contributed by atoms with Crippen LogP contribution < -0.4 is 5.32 Å². The quantitative estimate of drug-likeness (QED) is 0.721. The highest BCUT2D eigenvalue weighted by Crippen LogP contribution is 2.12. The number of rotatable bonds is 5. The SMILES string of the molecule is CCOC(C)c1ncc(CNC)[nH]1. The van der Waals surface area contributed by atoms with Gasteiger partial charge in [0.05, 0.1) is 0 Å². The van der Waals surface area contributed by atoms with E-state index in [9.17, 15) is 0 Å². The first-order chi connectivity index (χ1) is 6.27. The summed E-state index contributed by atoms with van der Waals surface area (Å²) in [5, 5.41) is 3.06. The van der Waals surface area contributed by atoms with Crippen molar-refractivity contribution in [1.82, 2.24) is 15.3 Å². The van der Waals surface area contributed by atoms with Gasteiger partial charge in [0.2, 0.25) is 0 Å². The smallest absolute Gasteiger partial charge is 0.135 e. The number of hydrogen-bond acceptors (Lipinski definition) is 3. The van der Waals surface area contributed by atoms with E-state index in [0.29, 0.717) is 6.61 Å². The standard InChI is InChI=1S/C9H17N3O/c1-4-13-7(2)9-11-6-8(12-9)5-10-3/h6-7,10H,4-5H2,1-3H3,(H,11,12). The van der Waals surface area contributed by atoms with Crippen LogP contribution in [0.2, 0.25) is 0 Å². The molecule has 1 rings (SSSR count). The molecule has 0 radical (unpaired) electrons. The first-order valence-electron chi connectivity index (χ1n) is 4.58. The average Bonchev–Trinajstić information content (AvgIpc) is 2.54. The van der Waals surface area contributed by atoms with Gasteiger partial charge in [-0.25, -0.2) is 4.98 Å². The Morgan fingerprint density at radius 3 is 3.08 bits per heavy atom. The Balaban J connectivity index is 2.56. The molecule has 0 spiro atoms. The minimum Gasteiger partial charge on any atom is -0.371 e. The number of nitrogens with zero attached hydrogens (tertiary/aromatic N) is 1. The maximum atomic E-state index is 5.41. The summed E-state index contributed by atoms with van der Waals surface area (Å²) in [5.74, 6) is 0.895. The zero-order valence-corrected chi connectivity index (χ0v) is 8.42. The highest BCUT2D eigenvalue weighted by Gasteiger charge is 2.08. The molecule has 0 fully saturated rings. The number of ether oxygens (including phenoxy) is 1. The number of hydrogen-bond donors (Lipinski definition) is 2. The van der Waals surface area contributed by atoms with Gasteiger partial charge >= 0.3 is 0 Å². The molecule has 0 bridgehead atoms. The maximum Gasteiger partial charge on any atom is 0.135 e. The zero-order valence-electron chi connectivity index (χ0n) is 8.42. The Kier molecular flexibility index (Phi) is 3.92. The van der Waals surface area contributed by atoms with E-state index in [1.54, 1.807) is 0 Å². The Labute approximate surface area is 78.7 Å². The fourth-order valence-electron chi connectivity index (χ4n) is 1.19. The average molecular weight is 183 g/mol. The minimum absolute atomic E-state index is 0.0515. The predicted octanol–water partition coefficient (Wildman–Crippen LogP) is 1.23. The van der Waals surface area contributed by atoms with Crippen molar-refractivity contribution in [2.75, 3.05) is 13.7 Å². The van der Waals surface area contributed by atoms with Crippen molar-refractivity contribution in [3.63, 3.8) is 0 Å². The number of nitrogens with one attached hydrogen (secondary N) is 2. The lowest BCUT2D eigenvalue weighted by Crippen LogP contribution is -2.06. The lowest BCUT2D eigenvalue weighted by Gasteiger charge is -2.07. The first kappa shape index (κ1) is 10.2. The van der Waals surface area contributed by atoms with Crippen LogP contribution in [0.25, 0.3) is 0 Å². The van der Waals surface area contributed by atoms with Crippen molar-refractivity contribution in [3.8, 4) is 0 Å². The van der Waals surface area contributed by atoms with Crippen molar-refractivity contribution < 1.29 is 4.74 Å². The van der Waals surface area contributed by atoms with Crippen LogP contribution in [-0.2, 0) is 11.3 Å². The van der Waals surface area contributed by atoms with Gasteiger partial charge in [-0.15, -0.1) is 0 Å². The molecular formula is C9H17N3O. The monoisotopic (exact) mass is 183 g/mol. The second kappa shape index (κ2) is 4.99. The molecule has 13 heavy (non-hydrogen) atoms. The molecule has 0 aliphatic heterocycles. The third-order valence-corrected chi connectivity index (χ3v) is 1.82. The fourth-order valence-corrected chi connectivity index (χ4v) is 1.19. The summed E-state index contributed by atoms with van der Waals surface area (Å²) >= 11 is 0. The normalized spacial score (nSPS) is 13.2. The van der Waals surface area contributed by atoms with Crippen LogP contribution >= 0.6 is 0 Å². The van der Waals surface area contributed by atoms with Crippen LogP contribution in [0, 0.1) is 0 Å². The molecule has 1 unspecified atom stereocenters. The molecule has 1 aromatic heterocycles. The second-order valence-corrected chi connectivity index (χ2v) is 2.92. The van der Waals surface area contributed by atoms with E-state index in [1.165, 1.54) is 0 Å². The van der Waals surface area contributed by atoms with Crippen molar-refractivity contribution in [1.29, 1.82) is 0 Å². The van der Waals surface area contributed by atoms with Crippen LogP contribution in [0.5, 0.6) is 0 Å². The maximum absolute atomic E-state index is 5.41. The summed E-state index contributed by atoms with van der Waals surface area (Å²) in [6.45, 7) is 5.49. The molecule has 1 atom stereocenters.